The molecule has 18 heavy (non-hydrogen) atoms. The smallest absolute Gasteiger partial charge is 0.175 e. The van der Waals surface area contributed by atoms with Gasteiger partial charge in [-0.1, -0.05) is 0 Å². The van der Waals surface area contributed by atoms with E-state index in [1.807, 2.05) is 0 Å². The highest BCUT2D eigenvalue weighted by molar-refractivity contribution is 7.90. The standard InChI is InChI=1S/C12H15ClN2O2S/c1-18(16,17)9-5-6-10-11(8-9)15-12(14-10)4-2-3-7-13/h5-6,8H,2-4,7H2,1H3,(H,14,15). The summed E-state index contributed by atoms with van der Waals surface area (Å²) in [5, 5.41) is 0. The van der Waals surface area contributed by atoms with Gasteiger partial charge in [-0.3, -0.25) is 0 Å². The minimum Gasteiger partial charge on any atom is -0.342 e. The number of fused-ring (bicyclic) bond motifs is 1. The highest BCUT2D eigenvalue weighted by Crippen LogP contribution is 2.18. The van der Waals surface area contributed by atoms with Gasteiger partial charge in [0, 0.05) is 18.6 Å². The first-order valence-corrected chi connectivity index (χ1v) is 8.18. The van der Waals surface area contributed by atoms with Gasteiger partial charge >= 0.3 is 0 Å². The minimum atomic E-state index is -3.17. The van der Waals surface area contributed by atoms with Crippen LogP contribution in [-0.4, -0.2) is 30.5 Å². The summed E-state index contributed by atoms with van der Waals surface area (Å²) in [5.74, 6) is 1.53. The monoisotopic (exact) mass is 286 g/mol. The van der Waals surface area contributed by atoms with Gasteiger partial charge in [-0.15, -0.1) is 11.6 Å². The zero-order valence-electron chi connectivity index (χ0n) is 10.1. The molecule has 0 fully saturated rings. The lowest BCUT2D eigenvalue weighted by Crippen LogP contribution is -1.96. The molecule has 2 aromatic rings. The highest BCUT2D eigenvalue weighted by atomic mass is 35.5. The van der Waals surface area contributed by atoms with E-state index in [0.29, 0.717) is 10.8 Å². The molecule has 2 rings (SSSR count). The Bertz CT molecular complexity index is 649. The van der Waals surface area contributed by atoms with Crippen LogP contribution in [0.25, 0.3) is 11.0 Å². The van der Waals surface area contributed by atoms with E-state index < -0.39 is 9.84 Å². The molecule has 0 saturated carbocycles. The van der Waals surface area contributed by atoms with Crippen molar-refractivity contribution in [3.05, 3.63) is 24.0 Å². The van der Waals surface area contributed by atoms with Gasteiger partial charge < -0.3 is 4.98 Å². The molecule has 0 saturated heterocycles. The lowest BCUT2D eigenvalue weighted by Gasteiger charge is -1.96. The maximum atomic E-state index is 11.4. The van der Waals surface area contributed by atoms with Gasteiger partial charge in [0.05, 0.1) is 15.9 Å². The Morgan fingerprint density at radius 2 is 2.11 bits per heavy atom. The molecule has 1 N–H and O–H groups in total. The largest absolute Gasteiger partial charge is 0.342 e. The van der Waals surface area contributed by atoms with Crippen LogP contribution in [0.15, 0.2) is 23.1 Å². The van der Waals surface area contributed by atoms with Crippen LogP contribution in [0.2, 0.25) is 0 Å². The number of unbranched alkanes of at least 4 members (excludes halogenated alkanes) is 1. The second-order valence-electron chi connectivity index (χ2n) is 4.28. The molecule has 98 valence electrons. The van der Waals surface area contributed by atoms with Gasteiger partial charge in [0.1, 0.15) is 5.82 Å². The maximum Gasteiger partial charge on any atom is 0.175 e. The molecule has 0 aliphatic rings. The van der Waals surface area contributed by atoms with Crippen molar-refractivity contribution in [1.29, 1.82) is 0 Å². The van der Waals surface area contributed by atoms with Gasteiger partial charge in [0.25, 0.3) is 0 Å². The number of rotatable bonds is 5. The van der Waals surface area contributed by atoms with Crippen LogP contribution in [0.1, 0.15) is 18.7 Å². The van der Waals surface area contributed by atoms with Crippen LogP contribution < -0.4 is 0 Å². The highest BCUT2D eigenvalue weighted by Gasteiger charge is 2.09. The second-order valence-corrected chi connectivity index (χ2v) is 6.67. The number of imidazole rings is 1. The number of halogens is 1. The number of hydrogen-bond acceptors (Lipinski definition) is 3. The van der Waals surface area contributed by atoms with E-state index in [0.717, 1.165) is 36.1 Å². The number of nitrogens with one attached hydrogen (secondary N) is 1. The first kappa shape index (κ1) is 13.4. The molecule has 6 heteroatoms. The molecular weight excluding hydrogens is 272 g/mol. The molecule has 0 aliphatic heterocycles. The lowest BCUT2D eigenvalue weighted by atomic mass is 10.2. The van der Waals surface area contributed by atoms with Crippen molar-refractivity contribution in [3.8, 4) is 0 Å². The zero-order valence-corrected chi connectivity index (χ0v) is 11.7. The number of nitrogens with zero attached hydrogens (tertiary/aromatic N) is 1. The molecule has 0 atom stereocenters. The quantitative estimate of drug-likeness (QED) is 0.678. The average Bonchev–Trinajstić information content (AvgIpc) is 2.69. The van der Waals surface area contributed by atoms with Crippen LogP contribution >= 0.6 is 11.6 Å². The van der Waals surface area contributed by atoms with Gasteiger partial charge in [-0.2, -0.15) is 0 Å². The first-order chi connectivity index (χ1) is 8.50. The second kappa shape index (κ2) is 5.28. The van der Waals surface area contributed by atoms with Crippen LogP contribution in [0.3, 0.4) is 0 Å². The number of aryl methyl sites for hydroxylation is 1. The van der Waals surface area contributed by atoms with Gasteiger partial charge in [0.2, 0.25) is 0 Å². The van der Waals surface area contributed by atoms with E-state index in [-0.39, 0.29) is 0 Å². The zero-order chi connectivity index (χ0) is 13.2. The number of aromatic amines is 1. The third-order valence-corrected chi connectivity index (χ3v) is 4.11. The number of alkyl halides is 1. The topological polar surface area (TPSA) is 62.8 Å². The van der Waals surface area contributed by atoms with Crippen molar-refractivity contribution in [1.82, 2.24) is 9.97 Å². The molecule has 4 nitrogen and oxygen atoms in total. The average molecular weight is 287 g/mol. The normalized spacial score (nSPS) is 12.1. The molecule has 1 aromatic heterocycles. The number of H-pyrrole nitrogens is 1. The van der Waals surface area contributed by atoms with E-state index in [2.05, 4.69) is 9.97 Å². The molecule has 1 heterocycles. The summed E-state index contributed by atoms with van der Waals surface area (Å²) in [4.78, 5) is 7.87. The molecule has 0 unspecified atom stereocenters. The Labute approximate surface area is 111 Å². The Balaban J connectivity index is 2.28. The molecule has 1 aromatic carbocycles. The predicted molar refractivity (Wildman–Crippen MR) is 72.9 cm³/mol. The fraction of sp³-hybridized carbons (Fsp3) is 0.417. The summed E-state index contributed by atoms with van der Waals surface area (Å²) >= 11 is 5.62. The third-order valence-electron chi connectivity index (χ3n) is 2.73. The molecule has 0 spiro atoms. The van der Waals surface area contributed by atoms with Crippen LogP contribution in [0.4, 0.5) is 0 Å². The van der Waals surface area contributed by atoms with Gasteiger partial charge in [-0.05, 0) is 31.0 Å². The van der Waals surface area contributed by atoms with Crippen molar-refractivity contribution >= 4 is 32.5 Å². The Morgan fingerprint density at radius 1 is 1.33 bits per heavy atom. The van der Waals surface area contributed by atoms with Crippen LogP contribution in [-0.2, 0) is 16.3 Å². The maximum absolute atomic E-state index is 11.4. The number of aromatic nitrogens is 2. The Kier molecular flexibility index (Phi) is 3.92. The van der Waals surface area contributed by atoms with Crippen LogP contribution in [0, 0.1) is 0 Å². The molecule has 0 bridgehead atoms. The molecule has 0 radical (unpaired) electrons. The van der Waals surface area contributed by atoms with E-state index in [1.54, 1.807) is 18.2 Å². The number of sulfone groups is 1. The van der Waals surface area contributed by atoms with E-state index >= 15 is 0 Å². The molecular formula is C12H15ClN2O2S. The van der Waals surface area contributed by atoms with E-state index in [4.69, 9.17) is 11.6 Å². The number of benzene rings is 1. The Hall–Kier alpha value is -1.07. The molecule has 0 aliphatic carbocycles. The van der Waals surface area contributed by atoms with E-state index in [1.165, 1.54) is 6.26 Å². The molecule has 0 amide bonds. The summed E-state index contributed by atoms with van der Waals surface area (Å²) in [5.41, 5.74) is 1.56. The summed E-state index contributed by atoms with van der Waals surface area (Å²) in [6, 6.07) is 4.94. The summed E-state index contributed by atoms with van der Waals surface area (Å²) < 4.78 is 22.9. The van der Waals surface area contributed by atoms with E-state index in [9.17, 15) is 8.42 Å². The first-order valence-electron chi connectivity index (χ1n) is 5.75. The van der Waals surface area contributed by atoms with Crippen molar-refractivity contribution < 1.29 is 8.42 Å². The third kappa shape index (κ3) is 3.03. The lowest BCUT2D eigenvalue weighted by molar-refractivity contribution is 0.602. The summed E-state index contributed by atoms with van der Waals surface area (Å²) in [7, 11) is -3.17. The summed E-state index contributed by atoms with van der Waals surface area (Å²) in [6.45, 7) is 0. The fourth-order valence-corrected chi connectivity index (χ4v) is 2.61. The van der Waals surface area contributed by atoms with Gasteiger partial charge in [-0.25, -0.2) is 13.4 Å². The summed E-state index contributed by atoms with van der Waals surface area (Å²) in [6.07, 6.45) is 3.96. The predicted octanol–water partition coefficient (Wildman–Crippen LogP) is 2.53. The van der Waals surface area contributed by atoms with Crippen molar-refractivity contribution in [3.63, 3.8) is 0 Å². The van der Waals surface area contributed by atoms with Gasteiger partial charge in [0.15, 0.2) is 9.84 Å². The SMILES string of the molecule is CS(=O)(=O)c1ccc2nc(CCCCCl)[nH]c2c1. The Morgan fingerprint density at radius 3 is 2.78 bits per heavy atom. The van der Waals surface area contributed by atoms with Crippen molar-refractivity contribution in [2.45, 2.75) is 24.2 Å². The number of hydrogen-bond donors (Lipinski definition) is 1. The van der Waals surface area contributed by atoms with Crippen molar-refractivity contribution in [2.24, 2.45) is 0 Å². The van der Waals surface area contributed by atoms with Crippen molar-refractivity contribution in [2.75, 3.05) is 12.1 Å². The van der Waals surface area contributed by atoms with Crippen LogP contribution in [0.5, 0.6) is 0 Å². The fourth-order valence-electron chi connectivity index (χ4n) is 1.78. The minimum absolute atomic E-state index is 0.311.